The average Bonchev–Trinajstić information content (AvgIpc) is 3.75. The van der Waals surface area contributed by atoms with Crippen LogP contribution in [0.25, 0.3) is 0 Å². The van der Waals surface area contributed by atoms with Crippen LogP contribution in [0.1, 0.15) is 56.9 Å². The number of aliphatic carboxylic acids is 2. The smallest absolute Gasteiger partial charge is 0.326 e. The summed E-state index contributed by atoms with van der Waals surface area (Å²) in [6.07, 6.45) is 0.641. The zero-order valence-electron chi connectivity index (χ0n) is 33.4. The summed E-state index contributed by atoms with van der Waals surface area (Å²) in [7, 11) is 0. The fourth-order valence-corrected chi connectivity index (χ4v) is 6.13. The lowest BCUT2D eigenvalue weighted by Gasteiger charge is -2.26. The van der Waals surface area contributed by atoms with E-state index in [1.165, 1.54) is 24.3 Å². The molecule has 0 saturated carbocycles. The molecule has 24 nitrogen and oxygen atoms in total. The van der Waals surface area contributed by atoms with Crippen molar-refractivity contribution < 1.29 is 53.7 Å². The number of nitrogens with two attached hydrogens (primary N) is 4. The highest BCUT2D eigenvalue weighted by molar-refractivity contribution is 7.80. The molecule has 25 heteroatoms. The Hall–Kier alpha value is -6.37. The van der Waals surface area contributed by atoms with Gasteiger partial charge in [0.2, 0.25) is 35.4 Å². The van der Waals surface area contributed by atoms with Crippen molar-refractivity contribution in [3.05, 3.63) is 29.8 Å². The molecular formula is C36H57N13O11S. The monoisotopic (exact) mass is 879 g/mol. The second-order valence-electron chi connectivity index (χ2n) is 14.0. The van der Waals surface area contributed by atoms with Crippen LogP contribution in [0.5, 0.6) is 5.75 Å². The molecule has 61 heavy (non-hydrogen) atoms. The van der Waals surface area contributed by atoms with E-state index in [1.54, 1.807) is 0 Å². The quantitative estimate of drug-likeness (QED) is 0.0171. The molecule has 0 spiro atoms. The zero-order valence-corrected chi connectivity index (χ0v) is 34.3. The fraction of sp³-hybridized carbons (Fsp3) is 0.556. The molecule has 0 aromatic heterocycles. The second kappa shape index (κ2) is 26.7. The molecule has 0 radical (unpaired) electrons. The van der Waals surface area contributed by atoms with Crippen molar-refractivity contribution in [1.29, 1.82) is 0 Å². The lowest BCUT2D eigenvalue weighted by atomic mass is 10.0. The zero-order chi connectivity index (χ0) is 45.5. The first-order chi connectivity index (χ1) is 28.9. The predicted molar refractivity (Wildman–Crippen MR) is 224 cm³/mol. The van der Waals surface area contributed by atoms with E-state index in [9.17, 15) is 48.6 Å². The minimum absolute atomic E-state index is 0.0379. The molecule has 1 aromatic rings. The number of phenolic OH excluding ortho intramolecular Hbond substituents is 1. The van der Waals surface area contributed by atoms with Crippen molar-refractivity contribution in [3.8, 4) is 5.75 Å². The maximum atomic E-state index is 14.0. The minimum atomic E-state index is -1.56. The van der Waals surface area contributed by atoms with Crippen molar-refractivity contribution in [1.82, 2.24) is 37.2 Å². The first-order valence-electron chi connectivity index (χ1n) is 19.4. The van der Waals surface area contributed by atoms with Gasteiger partial charge in [0.25, 0.3) is 0 Å². The molecule has 1 fully saturated rings. The highest BCUT2D eigenvalue weighted by Crippen LogP contribution is 2.13. The molecule has 1 saturated heterocycles. The van der Waals surface area contributed by atoms with Crippen LogP contribution in [0.2, 0.25) is 0 Å². The minimum Gasteiger partial charge on any atom is -0.508 e. The maximum Gasteiger partial charge on any atom is 0.326 e. The maximum absolute atomic E-state index is 14.0. The van der Waals surface area contributed by atoms with Gasteiger partial charge in [0.1, 0.15) is 36.0 Å². The van der Waals surface area contributed by atoms with Gasteiger partial charge in [-0.05, 0) is 69.2 Å². The number of nitrogens with one attached hydrogen (secondary N) is 7. The summed E-state index contributed by atoms with van der Waals surface area (Å²) in [5.74, 6) is -8.19. The van der Waals surface area contributed by atoms with Crippen molar-refractivity contribution in [2.75, 3.05) is 31.9 Å². The van der Waals surface area contributed by atoms with Gasteiger partial charge in [0.05, 0.1) is 12.6 Å². The van der Waals surface area contributed by atoms with Crippen LogP contribution in [0.15, 0.2) is 34.3 Å². The number of hydrogen-bond acceptors (Lipinski definition) is 13. The standard InChI is InChI=1S/C36H57N13O11S/c37-35(38)42-14-2-5-22(29(54)44-17-27(51)45-24(34(59)60)11-12-28(52)53)46-32(57)25(16-19-7-9-20(50)10-8-19)48-33(58)26(18-61)49-31(56)23(6-3-15-43-36(39)40)47-30(55)21-4-1-13-41-21/h7-10,21-26,41,50,61H,1-6,11-18H2,(H,44,54)(H,45,51)(H,46,57)(H,47,55)(H,48,58)(H,49,56)(H,52,53)(H,59,60)(H4,37,38,42)(H4,39,40,43)/t21-,22-,23-,24-,25-,26-/m0/s1. The van der Waals surface area contributed by atoms with Crippen LogP contribution in [-0.2, 0) is 44.8 Å². The Labute approximate surface area is 356 Å². The van der Waals surface area contributed by atoms with E-state index in [4.69, 9.17) is 28.0 Å². The number of aliphatic imine (C=N–C) groups is 2. The van der Waals surface area contributed by atoms with Crippen molar-refractivity contribution in [2.24, 2.45) is 32.9 Å². The number of hydrogen-bond donors (Lipinski definition) is 15. The number of rotatable bonds is 27. The molecule has 338 valence electrons. The third-order valence-corrected chi connectivity index (χ3v) is 9.43. The Bertz CT molecular complexity index is 1740. The molecule has 0 aliphatic carbocycles. The fourth-order valence-electron chi connectivity index (χ4n) is 5.87. The van der Waals surface area contributed by atoms with Crippen LogP contribution in [-0.4, -0.2) is 143 Å². The molecule has 18 N–H and O–H groups in total. The number of nitrogens with zero attached hydrogens (tertiary/aromatic N) is 2. The van der Waals surface area contributed by atoms with Crippen LogP contribution in [0.3, 0.4) is 0 Å². The molecule has 1 aromatic carbocycles. The van der Waals surface area contributed by atoms with Crippen molar-refractivity contribution in [3.63, 3.8) is 0 Å². The summed E-state index contributed by atoms with van der Waals surface area (Å²) in [4.78, 5) is 110. The van der Waals surface area contributed by atoms with Crippen LogP contribution in [0, 0.1) is 0 Å². The van der Waals surface area contributed by atoms with E-state index in [1.807, 2.05) is 0 Å². The van der Waals surface area contributed by atoms with E-state index >= 15 is 0 Å². The van der Waals surface area contributed by atoms with E-state index in [0.29, 0.717) is 24.9 Å². The Morgan fingerprint density at radius 2 is 1.26 bits per heavy atom. The van der Waals surface area contributed by atoms with Gasteiger partial charge < -0.3 is 75.5 Å². The summed E-state index contributed by atoms with van der Waals surface area (Å²) in [6, 6.07) is -1.59. The van der Waals surface area contributed by atoms with Crippen molar-refractivity contribution in [2.45, 2.75) is 94.0 Å². The molecule has 1 aliphatic heterocycles. The van der Waals surface area contributed by atoms with Crippen LogP contribution < -0.4 is 60.2 Å². The summed E-state index contributed by atoms with van der Waals surface area (Å²) in [6.45, 7) is 0.0813. The normalized spacial score (nSPS) is 15.6. The Morgan fingerprint density at radius 1 is 0.721 bits per heavy atom. The first kappa shape index (κ1) is 50.8. The second-order valence-corrected chi connectivity index (χ2v) is 14.3. The van der Waals surface area contributed by atoms with Gasteiger partial charge in [-0.15, -0.1) is 0 Å². The highest BCUT2D eigenvalue weighted by atomic mass is 32.1. The van der Waals surface area contributed by atoms with Gasteiger partial charge in [0.15, 0.2) is 11.9 Å². The number of aromatic hydroxyl groups is 1. The lowest BCUT2D eigenvalue weighted by molar-refractivity contribution is -0.143. The summed E-state index contributed by atoms with van der Waals surface area (Å²) in [5.41, 5.74) is 22.1. The third kappa shape index (κ3) is 20.0. The Balaban J connectivity index is 2.30. The number of carbonyl (C=O) groups excluding carboxylic acids is 6. The molecule has 0 bridgehead atoms. The number of thiol groups is 1. The van der Waals surface area contributed by atoms with Gasteiger partial charge in [-0.1, -0.05) is 12.1 Å². The lowest BCUT2D eigenvalue weighted by Crippen LogP contribution is -2.59. The molecule has 6 atom stereocenters. The number of benzene rings is 1. The molecule has 1 heterocycles. The van der Waals surface area contributed by atoms with Crippen molar-refractivity contribution >= 4 is 71.9 Å². The summed E-state index contributed by atoms with van der Waals surface area (Å²) >= 11 is 4.25. The SMILES string of the molecule is NC(N)=NCCC[C@H](NC(=O)[C@H](Cc1ccc(O)cc1)NC(=O)[C@H](CS)NC(=O)[C@H](CCCN=C(N)N)NC(=O)[C@@H]1CCCN1)C(=O)NCC(=O)N[C@@H](CCC(=O)O)C(=O)O. The Kier molecular flexibility index (Phi) is 22.2. The predicted octanol–water partition coefficient (Wildman–Crippen LogP) is -4.79. The summed E-state index contributed by atoms with van der Waals surface area (Å²) < 4.78 is 0. The molecule has 0 unspecified atom stereocenters. The highest BCUT2D eigenvalue weighted by Gasteiger charge is 2.33. The molecular weight excluding hydrogens is 823 g/mol. The third-order valence-electron chi connectivity index (χ3n) is 9.06. The topological polar surface area (TPSA) is 410 Å². The van der Waals surface area contributed by atoms with E-state index in [2.05, 4.69) is 59.8 Å². The Morgan fingerprint density at radius 3 is 1.79 bits per heavy atom. The number of carboxylic acids is 2. The average molecular weight is 880 g/mol. The van der Waals surface area contributed by atoms with Gasteiger partial charge >= 0.3 is 11.9 Å². The van der Waals surface area contributed by atoms with Crippen LogP contribution in [0.4, 0.5) is 0 Å². The number of phenols is 1. The van der Waals surface area contributed by atoms with E-state index in [0.717, 1.165) is 6.42 Å². The molecule has 6 amide bonds. The number of carboxylic acid groups (broad SMARTS) is 2. The largest absolute Gasteiger partial charge is 0.508 e. The number of amides is 6. The first-order valence-corrected chi connectivity index (χ1v) is 20.0. The van der Waals surface area contributed by atoms with Gasteiger partial charge in [-0.3, -0.25) is 43.5 Å². The number of carbonyl (C=O) groups is 8. The van der Waals surface area contributed by atoms with Gasteiger partial charge in [-0.2, -0.15) is 12.6 Å². The summed E-state index contributed by atoms with van der Waals surface area (Å²) in [5, 5.41) is 46.0. The van der Waals surface area contributed by atoms with Crippen LogP contribution >= 0.6 is 12.6 Å². The van der Waals surface area contributed by atoms with E-state index < -0.39 is 103 Å². The van der Waals surface area contributed by atoms with E-state index in [-0.39, 0.29) is 62.2 Å². The van der Waals surface area contributed by atoms with Gasteiger partial charge in [-0.25, -0.2) is 4.79 Å². The molecule has 2 rings (SSSR count). The number of guanidine groups is 2. The van der Waals surface area contributed by atoms with Gasteiger partial charge in [0, 0.05) is 31.7 Å². The molecule has 1 aliphatic rings.